The summed E-state index contributed by atoms with van der Waals surface area (Å²) in [6.45, 7) is 6.02. The minimum Gasteiger partial charge on any atom is -0.290 e. The van der Waals surface area contributed by atoms with Crippen LogP contribution in [0.1, 0.15) is 31.4 Å². The zero-order valence-electron chi connectivity index (χ0n) is 12.5. The van der Waals surface area contributed by atoms with Gasteiger partial charge in [0.2, 0.25) is 5.78 Å². The lowest BCUT2D eigenvalue weighted by Gasteiger charge is -2.06. The molecule has 0 spiro atoms. The molecule has 0 aliphatic heterocycles. The van der Waals surface area contributed by atoms with Gasteiger partial charge in [0.15, 0.2) is 5.82 Å². The van der Waals surface area contributed by atoms with Crippen molar-refractivity contribution in [3.63, 3.8) is 0 Å². The summed E-state index contributed by atoms with van der Waals surface area (Å²) >= 11 is 0. The second-order valence-corrected chi connectivity index (χ2v) is 5.29. The maximum atomic E-state index is 12.3. The summed E-state index contributed by atoms with van der Waals surface area (Å²) in [5, 5.41) is 0. The highest BCUT2D eigenvalue weighted by Gasteiger charge is 2.16. The molecule has 0 radical (unpaired) electrons. The summed E-state index contributed by atoms with van der Waals surface area (Å²) in [5.41, 5.74) is 1.58. The van der Waals surface area contributed by atoms with Crippen molar-refractivity contribution in [3.8, 4) is 11.3 Å². The largest absolute Gasteiger partial charge is 0.290 e. The van der Waals surface area contributed by atoms with Gasteiger partial charge < -0.3 is 0 Å². The van der Waals surface area contributed by atoms with E-state index < -0.39 is 0 Å². The Hall–Kier alpha value is -2.36. The second kappa shape index (κ2) is 6.88. The molecular weight excluding hydrogens is 262 g/mol. The predicted octanol–water partition coefficient (Wildman–Crippen LogP) is 3.57. The second-order valence-electron chi connectivity index (χ2n) is 5.29. The van der Waals surface area contributed by atoms with Crippen molar-refractivity contribution >= 4 is 5.78 Å². The Balaban J connectivity index is 2.23. The van der Waals surface area contributed by atoms with E-state index in [0.717, 1.165) is 5.56 Å². The molecule has 2 rings (SSSR count). The van der Waals surface area contributed by atoms with Gasteiger partial charge in [0.1, 0.15) is 0 Å². The van der Waals surface area contributed by atoms with Crippen LogP contribution in [0.5, 0.6) is 0 Å². The number of carbonyl (C=O) groups is 1. The SMILES string of the molecule is CC(C)/C=C/[C@H](C)C(=O)c1nccc(-c2cccnc2)n1. The van der Waals surface area contributed by atoms with E-state index in [0.29, 0.717) is 11.6 Å². The lowest BCUT2D eigenvalue weighted by Crippen LogP contribution is -2.13. The smallest absolute Gasteiger partial charge is 0.206 e. The van der Waals surface area contributed by atoms with Crippen LogP contribution in [0.25, 0.3) is 11.3 Å². The first kappa shape index (κ1) is 15.0. The third-order valence-electron chi connectivity index (χ3n) is 3.03. The Kier molecular flexibility index (Phi) is 4.93. The van der Waals surface area contributed by atoms with E-state index in [-0.39, 0.29) is 17.5 Å². The van der Waals surface area contributed by atoms with Gasteiger partial charge in [-0.15, -0.1) is 0 Å². The van der Waals surface area contributed by atoms with Gasteiger partial charge in [-0.05, 0) is 24.1 Å². The van der Waals surface area contributed by atoms with Crippen molar-refractivity contribution in [2.24, 2.45) is 11.8 Å². The molecule has 2 aromatic rings. The molecule has 1 atom stereocenters. The number of Topliss-reactive ketones (excluding diaryl/α,β-unsaturated/α-hetero) is 1. The van der Waals surface area contributed by atoms with Crippen LogP contribution in [0, 0.1) is 11.8 Å². The fourth-order valence-corrected chi connectivity index (χ4v) is 1.83. The van der Waals surface area contributed by atoms with Gasteiger partial charge in [-0.3, -0.25) is 9.78 Å². The van der Waals surface area contributed by atoms with Gasteiger partial charge in [-0.1, -0.05) is 32.9 Å². The summed E-state index contributed by atoms with van der Waals surface area (Å²) in [7, 11) is 0. The molecule has 0 fully saturated rings. The van der Waals surface area contributed by atoms with E-state index in [1.165, 1.54) is 0 Å². The number of pyridine rings is 1. The van der Waals surface area contributed by atoms with E-state index in [1.807, 2.05) is 31.2 Å². The van der Waals surface area contributed by atoms with E-state index in [2.05, 4.69) is 28.8 Å². The average Bonchev–Trinajstić information content (AvgIpc) is 2.52. The Morgan fingerprint density at radius 3 is 2.62 bits per heavy atom. The maximum Gasteiger partial charge on any atom is 0.206 e. The fraction of sp³-hybridized carbons (Fsp3) is 0.294. The Labute approximate surface area is 125 Å². The standard InChI is InChI=1S/C17H19N3O/c1-12(2)6-7-13(3)16(21)17-19-10-8-15(20-17)14-5-4-9-18-11-14/h4-13H,1-3H3/b7-6+/t13-/m0/s1. The number of aromatic nitrogens is 3. The third-order valence-corrected chi connectivity index (χ3v) is 3.03. The zero-order valence-corrected chi connectivity index (χ0v) is 12.5. The number of carbonyl (C=O) groups excluding carboxylic acids is 1. The monoisotopic (exact) mass is 281 g/mol. The normalized spacial score (nSPS) is 12.8. The molecule has 108 valence electrons. The van der Waals surface area contributed by atoms with Crippen molar-refractivity contribution < 1.29 is 4.79 Å². The van der Waals surface area contributed by atoms with Crippen molar-refractivity contribution in [2.45, 2.75) is 20.8 Å². The molecule has 4 heteroatoms. The first-order chi connectivity index (χ1) is 10.1. The van der Waals surface area contributed by atoms with Crippen LogP contribution < -0.4 is 0 Å². The Morgan fingerprint density at radius 1 is 1.14 bits per heavy atom. The van der Waals surface area contributed by atoms with Crippen LogP contribution >= 0.6 is 0 Å². The molecule has 0 N–H and O–H groups in total. The number of ketones is 1. The average molecular weight is 281 g/mol. The summed E-state index contributed by atoms with van der Waals surface area (Å²) in [6.07, 6.45) is 8.97. The van der Waals surface area contributed by atoms with E-state index in [4.69, 9.17) is 0 Å². The van der Waals surface area contributed by atoms with Crippen LogP contribution in [-0.4, -0.2) is 20.7 Å². The first-order valence-electron chi connectivity index (χ1n) is 7.04. The molecule has 0 saturated heterocycles. The van der Waals surface area contributed by atoms with Gasteiger partial charge in [0.25, 0.3) is 0 Å². The lowest BCUT2D eigenvalue weighted by molar-refractivity contribution is 0.0942. The summed E-state index contributed by atoms with van der Waals surface area (Å²) in [5.74, 6) is 0.370. The number of hydrogen-bond acceptors (Lipinski definition) is 4. The third kappa shape index (κ3) is 4.05. The minimum absolute atomic E-state index is 0.0716. The fourth-order valence-electron chi connectivity index (χ4n) is 1.83. The molecule has 0 amide bonds. The van der Waals surface area contributed by atoms with Crippen LogP contribution in [0.2, 0.25) is 0 Å². The Bertz CT molecular complexity index is 635. The van der Waals surface area contributed by atoms with Crippen molar-refractivity contribution in [1.82, 2.24) is 15.0 Å². The minimum atomic E-state index is -0.225. The molecule has 4 nitrogen and oxygen atoms in total. The number of rotatable bonds is 5. The van der Waals surface area contributed by atoms with E-state index >= 15 is 0 Å². The van der Waals surface area contributed by atoms with Gasteiger partial charge in [0.05, 0.1) is 5.69 Å². The molecule has 2 heterocycles. The highest BCUT2D eigenvalue weighted by atomic mass is 16.1. The highest BCUT2D eigenvalue weighted by molar-refractivity contribution is 5.95. The van der Waals surface area contributed by atoms with Gasteiger partial charge in [0, 0.05) is 30.1 Å². The molecular formula is C17H19N3O. The Morgan fingerprint density at radius 2 is 1.95 bits per heavy atom. The summed E-state index contributed by atoms with van der Waals surface area (Å²) < 4.78 is 0. The summed E-state index contributed by atoms with van der Waals surface area (Å²) in [4.78, 5) is 24.9. The van der Waals surface area contributed by atoms with Crippen molar-refractivity contribution in [2.75, 3.05) is 0 Å². The molecule has 0 aliphatic carbocycles. The maximum absolute atomic E-state index is 12.3. The number of allylic oxidation sites excluding steroid dienone is 2. The van der Waals surface area contributed by atoms with Crippen molar-refractivity contribution in [3.05, 3.63) is 54.8 Å². The van der Waals surface area contributed by atoms with Crippen LogP contribution in [0.4, 0.5) is 0 Å². The molecule has 21 heavy (non-hydrogen) atoms. The predicted molar refractivity (Wildman–Crippen MR) is 82.7 cm³/mol. The zero-order chi connectivity index (χ0) is 15.2. The first-order valence-corrected chi connectivity index (χ1v) is 7.04. The lowest BCUT2D eigenvalue weighted by atomic mass is 10.0. The van der Waals surface area contributed by atoms with Crippen molar-refractivity contribution in [1.29, 1.82) is 0 Å². The molecule has 0 unspecified atom stereocenters. The van der Waals surface area contributed by atoms with Crippen LogP contribution in [-0.2, 0) is 0 Å². The topological polar surface area (TPSA) is 55.7 Å². The molecule has 0 saturated carbocycles. The van der Waals surface area contributed by atoms with Gasteiger partial charge in [-0.25, -0.2) is 9.97 Å². The quantitative estimate of drug-likeness (QED) is 0.621. The molecule has 0 aromatic carbocycles. The number of hydrogen-bond donors (Lipinski definition) is 0. The van der Waals surface area contributed by atoms with Gasteiger partial charge >= 0.3 is 0 Å². The number of nitrogens with zero attached hydrogens (tertiary/aromatic N) is 3. The van der Waals surface area contributed by atoms with Crippen LogP contribution in [0.3, 0.4) is 0 Å². The summed E-state index contributed by atoms with van der Waals surface area (Å²) in [6, 6.07) is 5.53. The van der Waals surface area contributed by atoms with Crippen LogP contribution in [0.15, 0.2) is 48.9 Å². The van der Waals surface area contributed by atoms with E-state index in [1.54, 1.807) is 24.7 Å². The van der Waals surface area contributed by atoms with E-state index in [9.17, 15) is 4.79 Å². The molecule has 2 aromatic heterocycles. The molecule has 0 aliphatic rings. The molecule has 0 bridgehead atoms. The van der Waals surface area contributed by atoms with Gasteiger partial charge in [-0.2, -0.15) is 0 Å². The highest BCUT2D eigenvalue weighted by Crippen LogP contribution is 2.16.